The quantitative estimate of drug-likeness (QED) is 0.705. The predicted octanol–water partition coefficient (Wildman–Crippen LogP) is 5.43. The topological polar surface area (TPSA) is 24.9 Å². The second-order valence-electron chi connectivity index (χ2n) is 5.65. The zero-order chi connectivity index (χ0) is 17.6. The normalized spacial score (nSPS) is 14.0. The van der Waals surface area contributed by atoms with Crippen molar-refractivity contribution < 1.29 is 13.2 Å². The summed E-state index contributed by atoms with van der Waals surface area (Å²) in [5.74, 6) is 0.382. The smallest absolute Gasteiger partial charge is 0.391 e. The Morgan fingerprint density at radius 3 is 2.22 bits per heavy atom. The van der Waals surface area contributed by atoms with Crippen molar-refractivity contribution in [1.82, 2.24) is 10.3 Å². The molecule has 1 aromatic rings. The van der Waals surface area contributed by atoms with Crippen LogP contribution in [0.4, 0.5) is 13.2 Å². The average Bonchev–Trinajstić information content (AvgIpc) is 2.50. The van der Waals surface area contributed by atoms with Crippen molar-refractivity contribution >= 4 is 5.57 Å². The van der Waals surface area contributed by atoms with E-state index in [1.54, 1.807) is 0 Å². The van der Waals surface area contributed by atoms with Crippen LogP contribution in [0.5, 0.6) is 0 Å². The lowest BCUT2D eigenvalue weighted by Gasteiger charge is -2.16. The maximum atomic E-state index is 12.7. The van der Waals surface area contributed by atoms with Gasteiger partial charge in [0.2, 0.25) is 0 Å². The molecule has 0 radical (unpaired) electrons. The van der Waals surface area contributed by atoms with Gasteiger partial charge in [-0.05, 0) is 24.8 Å². The first-order valence-corrected chi connectivity index (χ1v) is 7.89. The van der Waals surface area contributed by atoms with Gasteiger partial charge in [0.25, 0.3) is 0 Å². The van der Waals surface area contributed by atoms with E-state index in [2.05, 4.69) is 37.1 Å². The molecule has 2 nitrogen and oxygen atoms in total. The van der Waals surface area contributed by atoms with E-state index in [1.165, 1.54) is 17.8 Å². The van der Waals surface area contributed by atoms with Crippen LogP contribution in [0.1, 0.15) is 51.8 Å². The third-order valence-corrected chi connectivity index (χ3v) is 3.82. The Labute approximate surface area is 136 Å². The van der Waals surface area contributed by atoms with Gasteiger partial charge in [0, 0.05) is 30.1 Å². The van der Waals surface area contributed by atoms with Crippen molar-refractivity contribution in [3.63, 3.8) is 0 Å². The highest BCUT2D eigenvalue weighted by Crippen LogP contribution is 2.30. The van der Waals surface area contributed by atoms with E-state index < -0.39 is 11.9 Å². The van der Waals surface area contributed by atoms with Crippen molar-refractivity contribution in [2.24, 2.45) is 5.92 Å². The molecule has 23 heavy (non-hydrogen) atoms. The highest BCUT2D eigenvalue weighted by molar-refractivity contribution is 5.76. The number of hydrogen-bond acceptors (Lipinski definition) is 2. The number of allylic oxidation sites excluding steroid dienone is 4. The third kappa shape index (κ3) is 5.12. The van der Waals surface area contributed by atoms with E-state index in [9.17, 15) is 13.2 Å². The van der Waals surface area contributed by atoms with Crippen LogP contribution in [-0.4, -0.2) is 12.0 Å². The van der Waals surface area contributed by atoms with Crippen LogP contribution in [-0.2, 0) is 6.18 Å². The van der Waals surface area contributed by atoms with Gasteiger partial charge < -0.3 is 5.32 Å². The minimum atomic E-state index is -4.42. The van der Waals surface area contributed by atoms with E-state index in [0.717, 1.165) is 30.2 Å². The first kappa shape index (κ1) is 19.3. The van der Waals surface area contributed by atoms with E-state index in [4.69, 9.17) is 0 Å². The van der Waals surface area contributed by atoms with Crippen molar-refractivity contribution in [2.45, 2.75) is 46.7 Å². The lowest BCUT2D eigenvalue weighted by molar-refractivity contribution is -0.141. The van der Waals surface area contributed by atoms with Gasteiger partial charge in [-0.2, -0.15) is 13.2 Å². The van der Waals surface area contributed by atoms with E-state index >= 15 is 0 Å². The fourth-order valence-corrected chi connectivity index (χ4v) is 2.43. The molecule has 0 unspecified atom stereocenters. The summed E-state index contributed by atoms with van der Waals surface area (Å²) in [5.41, 5.74) is 2.96. The van der Waals surface area contributed by atoms with Crippen molar-refractivity contribution in [1.29, 1.82) is 0 Å². The lowest BCUT2D eigenvalue weighted by atomic mass is 9.94. The first-order chi connectivity index (χ1) is 10.7. The highest BCUT2D eigenvalue weighted by atomic mass is 19.4. The number of aromatic nitrogens is 1. The number of halogens is 3. The number of rotatable bonds is 6. The van der Waals surface area contributed by atoms with Crippen LogP contribution >= 0.6 is 0 Å². The van der Waals surface area contributed by atoms with Crippen molar-refractivity contribution in [3.8, 4) is 0 Å². The number of hydrogen-bond donors (Lipinski definition) is 1. The Kier molecular flexibility index (Phi) is 6.85. The summed E-state index contributed by atoms with van der Waals surface area (Å²) in [6.07, 6.45) is 0.620. The first-order valence-electron chi connectivity index (χ1n) is 7.89. The monoisotopic (exact) mass is 326 g/mol. The highest BCUT2D eigenvalue weighted by Gasteiger charge is 2.32. The van der Waals surface area contributed by atoms with Gasteiger partial charge in [-0.1, -0.05) is 45.4 Å². The molecule has 0 aromatic carbocycles. The van der Waals surface area contributed by atoms with Crippen LogP contribution in [0, 0.1) is 5.92 Å². The number of alkyl halides is 3. The zero-order valence-electron chi connectivity index (χ0n) is 14.4. The second-order valence-corrected chi connectivity index (χ2v) is 5.65. The molecule has 0 fully saturated rings. The molecule has 0 amide bonds. The van der Waals surface area contributed by atoms with Gasteiger partial charge in [0.1, 0.15) is 5.69 Å². The van der Waals surface area contributed by atoms with Crippen LogP contribution in [0.2, 0.25) is 0 Å². The van der Waals surface area contributed by atoms with E-state index in [-0.39, 0.29) is 0 Å². The summed E-state index contributed by atoms with van der Waals surface area (Å²) in [6.45, 7) is 8.32. The standard InChI is InChI=1S/C18H25F3N2/c1-6-13(12(3)4)10-15(16(7-2)22-5)14-8-9-17(23-11-14)18(19,20)21/h8-12,22H,6-7H2,1-5H3/b13-10+,16-15-. The van der Waals surface area contributed by atoms with Crippen LogP contribution in [0.3, 0.4) is 0 Å². The van der Waals surface area contributed by atoms with Gasteiger partial charge in [-0.15, -0.1) is 0 Å². The van der Waals surface area contributed by atoms with E-state index in [1.807, 2.05) is 14.0 Å². The number of nitrogens with one attached hydrogen (secondary N) is 1. The molecule has 0 saturated heterocycles. The summed E-state index contributed by atoms with van der Waals surface area (Å²) < 4.78 is 38.1. The Bertz CT molecular complexity index is 561. The Hall–Kier alpha value is -1.78. The van der Waals surface area contributed by atoms with Crippen molar-refractivity contribution in [3.05, 3.63) is 46.9 Å². The van der Waals surface area contributed by atoms with Crippen LogP contribution < -0.4 is 5.32 Å². The largest absolute Gasteiger partial charge is 0.433 e. The fraction of sp³-hybridized carbons (Fsp3) is 0.500. The molecule has 1 heterocycles. The van der Waals surface area contributed by atoms with Gasteiger partial charge in [0.05, 0.1) is 0 Å². The molecule has 1 rings (SSSR count). The Morgan fingerprint density at radius 2 is 1.87 bits per heavy atom. The van der Waals surface area contributed by atoms with Crippen LogP contribution in [0.25, 0.3) is 5.57 Å². The molecular formula is C18H25F3N2. The molecule has 0 saturated carbocycles. The zero-order valence-corrected chi connectivity index (χ0v) is 14.4. The molecule has 0 atom stereocenters. The molecule has 0 spiro atoms. The lowest BCUT2D eigenvalue weighted by Crippen LogP contribution is -2.10. The SMILES string of the molecule is CC/C(NC)=C(\C=C(/CC)C(C)C)c1ccc(C(F)(F)F)nc1. The summed E-state index contributed by atoms with van der Waals surface area (Å²) in [6, 6.07) is 2.52. The summed E-state index contributed by atoms with van der Waals surface area (Å²) in [7, 11) is 1.82. The Balaban J connectivity index is 3.40. The summed E-state index contributed by atoms with van der Waals surface area (Å²) in [4.78, 5) is 3.58. The molecule has 0 aliphatic heterocycles. The molecular weight excluding hydrogens is 301 g/mol. The maximum Gasteiger partial charge on any atom is 0.433 e. The van der Waals surface area contributed by atoms with E-state index in [0.29, 0.717) is 11.5 Å². The second kappa shape index (κ2) is 8.18. The molecule has 0 aliphatic rings. The molecule has 128 valence electrons. The van der Waals surface area contributed by atoms with Gasteiger partial charge in [-0.3, -0.25) is 4.98 Å². The molecule has 1 N–H and O–H groups in total. The Morgan fingerprint density at radius 1 is 1.22 bits per heavy atom. The number of nitrogens with zero attached hydrogens (tertiary/aromatic N) is 1. The maximum absolute atomic E-state index is 12.7. The van der Waals surface area contributed by atoms with Crippen LogP contribution in [0.15, 0.2) is 35.7 Å². The molecule has 0 bridgehead atoms. The van der Waals surface area contributed by atoms with Gasteiger partial charge in [0.15, 0.2) is 0 Å². The molecule has 5 heteroatoms. The minimum absolute atomic E-state index is 0.382. The predicted molar refractivity (Wildman–Crippen MR) is 88.7 cm³/mol. The summed E-state index contributed by atoms with van der Waals surface area (Å²) in [5, 5.41) is 3.15. The van der Waals surface area contributed by atoms with Gasteiger partial charge in [-0.25, -0.2) is 0 Å². The minimum Gasteiger partial charge on any atom is -0.391 e. The summed E-state index contributed by atoms with van der Waals surface area (Å²) >= 11 is 0. The average molecular weight is 326 g/mol. The molecule has 0 aliphatic carbocycles. The fourth-order valence-electron chi connectivity index (χ4n) is 2.43. The number of pyridine rings is 1. The molecule has 1 aromatic heterocycles. The van der Waals surface area contributed by atoms with Gasteiger partial charge >= 0.3 is 6.18 Å². The third-order valence-electron chi connectivity index (χ3n) is 3.82. The van der Waals surface area contributed by atoms with Crippen molar-refractivity contribution in [2.75, 3.05) is 7.05 Å².